The standard InChI is InChI=1S/C22H30N4O3/c1-6-24-21(27)17-9-7-8-16(12-17)14-25-22(23-2)26(3)15-18-10-11-19(28-4)13-20(18)29-5/h7-13H,6,14-15H2,1-5H3,(H,23,25)(H,24,27). The molecule has 2 N–H and O–H groups in total. The Bertz CT molecular complexity index is 852. The minimum absolute atomic E-state index is 0.0672. The van der Waals surface area contributed by atoms with Crippen LogP contribution in [0.4, 0.5) is 0 Å². The molecule has 0 bridgehead atoms. The fourth-order valence-corrected chi connectivity index (χ4v) is 2.96. The van der Waals surface area contributed by atoms with Crippen LogP contribution in [0.1, 0.15) is 28.4 Å². The highest BCUT2D eigenvalue weighted by Crippen LogP contribution is 2.25. The fourth-order valence-electron chi connectivity index (χ4n) is 2.96. The first-order valence-corrected chi connectivity index (χ1v) is 9.52. The normalized spacial score (nSPS) is 11.0. The number of guanidine groups is 1. The van der Waals surface area contributed by atoms with E-state index in [1.807, 2.05) is 61.3 Å². The summed E-state index contributed by atoms with van der Waals surface area (Å²) in [5, 5.41) is 6.16. The lowest BCUT2D eigenvalue weighted by molar-refractivity contribution is 0.0955. The number of benzene rings is 2. The number of methoxy groups -OCH3 is 2. The molecule has 2 aromatic carbocycles. The number of aliphatic imine (C=N–C) groups is 1. The van der Waals surface area contributed by atoms with Crippen LogP contribution in [0.2, 0.25) is 0 Å². The fraction of sp³-hybridized carbons (Fsp3) is 0.364. The number of hydrogen-bond acceptors (Lipinski definition) is 4. The molecule has 0 aliphatic heterocycles. The van der Waals surface area contributed by atoms with Crippen molar-refractivity contribution in [3.05, 3.63) is 59.2 Å². The van der Waals surface area contributed by atoms with Crippen LogP contribution >= 0.6 is 0 Å². The molecular formula is C22H30N4O3. The molecule has 0 fully saturated rings. The molecule has 0 saturated heterocycles. The van der Waals surface area contributed by atoms with Crippen molar-refractivity contribution in [2.45, 2.75) is 20.0 Å². The van der Waals surface area contributed by atoms with Crippen LogP contribution in [-0.2, 0) is 13.1 Å². The first-order valence-electron chi connectivity index (χ1n) is 9.52. The molecule has 29 heavy (non-hydrogen) atoms. The van der Waals surface area contributed by atoms with Gasteiger partial charge in [-0.3, -0.25) is 9.79 Å². The van der Waals surface area contributed by atoms with Crippen LogP contribution < -0.4 is 20.1 Å². The van der Waals surface area contributed by atoms with Gasteiger partial charge in [0.15, 0.2) is 5.96 Å². The summed E-state index contributed by atoms with van der Waals surface area (Å²) in [6.07, 6.45) is 0. The molecule has 1 amide bonds. The largest absolute Gasteiger partial charge is 0.497 e. The van der Waals surface area contributed by atoms with E-state index in [2.05, 4.69) is 15.6 Å². The van der Waals surface area contributed by atoms with Crippen LogP contribution in [-0.4, -0.2) is 51.6 Å². The summed E-state index contributed by atoms with van der Waals surface area (Å²) in [6, 6.07) is 13.3. The van der Waals surface area contributed by atoms with E-state index in [1.165, 1.54) is 0 Å². The van der Waals surface area contributed by atoms with E-state index >= 15 is 0 Å². The molecule has 0 spiro atoms. The Hall–Kier alpha value is -3.22. The van der Waals surface area contributed by atoms with Gasteiger partial charge in [0.2, 0.25) is 0 Å². The SMILES string of the molecule is CCNC(=O)c1cccc(CNC(=NC)N(C)Cc2ccc(OC)cc2OC)c1. The summed E-state index contributed by atoms with van der Waals surface area (Å²) in [5.74, 6) is 2.19. The zero-order valence-corrected chi connectivity index (χ0v) is 17.8. The van der Waals surface area contributed by atoms with E-state index in [-0.39, 0.29) is 5.91 Å². The zero-order valence-electron chi connectivity index (χ0n) is 17.8. The van der Waals surface area contributed by atoms with Crippen molar-refractivity contribution in [2.24, 2.45) is 4.99 Å². The molecule has 2 aromatic rings. The molecule has 0 aliphatic carbocycles. The number of hydrogen-bond donors (Lipinski definition) is 2. The lowest BCUT2D eigenvalue weighted by Crippen LogP contribution is -2.38. The minimum atomic E-state index is -0.0672. The van der Waals surface area contributed by atoms with Gasteiger partial charge >= 0.3 is 0 Å². The number of carbonyl (C=O) groups is 1. The van der Waals surface area contributed by atoms with Crippen molar-refractivity contribution in [3.63, 3.8) is 0 Å². The number of amides is 1. The van der Waals surface area contributed by atoms with Crippen LogP contribution in [0.25, 0.3) is 0 Å². The molecule has 0 radical (unpaired) electrons. The molecule has 7 nitrogen and oxygen atoms in total. The molecule has 0 aliphatic rings. The first-order chi connectivity index (χ1) is 14.0. The Balaban J connectivity index is 2.03. The number of ether oxygens (including phenoxy) is 2. The smallest absolute Gasteiger partial charge is 0.251 e. The Kier molecular flexibility index (Phi) is 8.33. The second-order valence-electron chi connectivity index (χ2n) is 6.49. The maximum atomic E-state index is 12.0. The predicted octanol–water partition coefficient (Wildman–Crippen LogP) is 2.66. The number of nitrogens with zero attached hydrogens (tertiary/aromatic N) is 2. The van der Waals surface area contributed by atoms with Gasteiger partial charge in [0, 0.05) is 50.9 Å². The van der Waals surface area contributed by atoms with Crippen molar-refractivity contribution in [1.82, 2.24) is 15.5 Å². The molecular weight excluding hydrogens is 368 g/mol. The maximum Gasteiger partial charge on any atom is 0.251 e. The van der Waals surface area contributed by atoms with Crippen LogP contribution in [0.15, 0.2) is 47.5 Å². The number of carbonyl (C=O) groups excluding carboxylic acids is 1. The Morgan fingerprint density at radius 2 is 1.90 bits per heavy atom. The quantitative estimate of drug-likeness (QED) is 0.528. The molecule has 156 valence electrons. The van der Waals surface area contributed by atoms with Gasteiger partial charge in [-0.2, -0.15) is 0 Å². The first kappa shape index (κ1) is 22.1. The Morgan fingerprint density at radius 1 is 1.10 bits per heavy atom. The van der Waals surface area contributed by atoms with Crippen molar-refractivity contribution < 1.29 is 14.3 Å². The highest BCUT2D eigenvalue weighted by molar-refractivity contribution is 5.94. The molecule has 0 aromatic heterocycles. The summed E-state index contributed by atoms with van der Waals surface area (Å²) >= 11 is 0. The third-order valence-corrected chi connectivity index (χ3v) is 4.45. The molecule has 0 saturated carbocycles. The van der Waals surface area contributed by atoms with E-state index in [1.54, 1.807) is 21.3 Å². The molecule has 0 heterocycles. The van der Waals surface area contributed by atoms with Crippen LogP contribution in [0.3, 0.4) is 0 Å². The minimum Gasteiger partial charge on any atom is -0.497 e. The van der Waals surface area contributed by atoms with Gasteiger partial charge in [-0.25, -0.2) is 0 Å². The van der Waals surface area contributed by atoms with E-state index in [0.29, 0.717) is 25.2 Å². The third kappa shape index (κ3) is 6.14. The van der Waals surface area contributed by atoms with Gasteiger partial charge in [-0.05, 0) is 36.8 Å². The van der Waals surface area contributed by atoms with Gasteiger partial charge in [-0.15, -0.1) is 0 Å². The van der Waals surface area contributed by atoms with Crippen molar-refractivity contribution in [3.8, 4) is 11.5 Å². The van der Waals surface area contributed by atoms with Gasteiger partial charge in [0.1, 0.15) is 11.5 Å². The van der Waals surface area contributed by atoms with E-state index in [9.17, 15) is 4.79 Å². The number of nitrogens with one attached hydrogen (secondary N) is 2. The average molecular weight is 399 g/mol. The van der Waals surface area contributed by atoms with Crippen LogP contribution in [0.5, 0.6) is 11.5 Å². The van der Waals surface area contributed by atoms with Gasteiger partial charge < -0.3 is 25.0 Å². The molecule has 7 heteroatoms. The average Bonchev–Trinajstić information content (AvgIpc) is 2.74. The Labute approximate surface area is 172 Å². The number of rotatable bonds is 8. The lowest BCUT2D eigenvalue weighted by Gasteiger charge is -2.23. The topological polar surface area (TPSA) is 75.2 Å². The zero-order chi connectivity index (χ0) is 21.2. The second kappa shape index (κ2) is 10.9. The van der Waals surface area contributed by atoms with E-state index in [4.69, 9.17) is 9.47 Å². The highest BCUT2D eigenvalue weighted by atomic mass is 16.5. The van der Waals surface area contributed by atoms with E-state index < -0.39 is 0 Å². The Morgan fingerprint density at radius 3 is 2.55 bits per heavy atom. The molecule has 0 atom stereocenters. The second-order valence-corrected chi connectivity index (χ2v) is 6.49. The summed E-state index contributed by atoms with van der Waals surface area (Å²) in [7, 11) is 6.99. The summed E-state index contributed by atoms with van der Waals surface area (Å²) in [4.78, 5) is 18.4. The highest BCUT2D eigenvalue weighted by Gasteiger charge is 2.12. The van der Waals surface area contributed by atoms with Gasteiger partial charge in [-0.1, -0.05) is 12.1 Å². The van der Waals surface area contributed by atoms with Gasteiger partial charge in [0.25, 0.3) is 5.91 Å². The maximum absolute atomic E-state index is 12.0. The van der Waals surface area contributed by atoms with Crippen LogP contribution in [0, 0.1) is 0 Å². The van der Waals surface area contributed by atoms with Crippen molar-refractivity contribution >= 4 is 11.9 Å². The van der Waals surface area contributed by atoms with E-state index in [0.717, 1.165) is 28.6 Å². The third-order valence-electron chi connectivity index (χ3n) is 4.45. The van der Waals surface area contributed by atoms with Crippen molar-refractivity contribution in [2.75, 3.05) is 34.9 Å². The van der Waals surface area contributed by atoms with Gasteiger partial charge in [0.05, 0.1) is 14.2 Å². The lowest BCUT2D eigenvalue weighted by atomic mass is 10.1. The van der Waals surface area contributed by atoms with Crippen molar-refractivity contribution in [1.29, 1.82) is 0 Å². The summed E-state index contributed by atoms with van der Waals surface area (Å²) in [6.45, 7) is 3.68. The molecule has 0 unspecified atom stereocenters. The summed E-state index contributed by atoms with van der Waals surface area (Å²) < 4.78 is 10.7. The monoisotopic (exact) mass is 398 g/mol. The predicted molar refractivity (Wildman–Crippen MR) is 116 cm³/mol. The summed E-state index contributed by atoms with van der Waals surface area (Å²) in [5.41, 5.74) is 2.68. The molecule has 2 rings (SSSR count).